The molecule has 2 aromatic heterocycles. The van der Waals surface area contributed by atoms with Gasteiger partial charge in [0.15, 0.2) is 5.82 Å². The van der Waals surface area contributed by atoms with E-state index in [1.165, 1.54) is 12.0 Å². The van der Waals surface area contributed by atoms with E-state index in [4.69, 9.17) is 4.52 Å². The summed E-state index contributed by atoms with van der Waals surface area (Å²) in [4.78, 5) is 23.6. The number of amides is 1. The molecule has 0 aliphatic carbocycles. The van der Waals surface area contributed by atoms with Gasteiger partial charge < -0.3 is 20.1 Å². The van der Waals surface area contributed by atoms with Gasteiger partial charge in [0.2, 0.25) is 0 Å². The number of pyridine rings is 1. The van der Waals surface area contributed by atoms with Crippen LogP contribution in [0.3, 0.4) is 0 Å². The molecule has 1 aromatic carbocycles. The van der Waals surface area contributed by atoms with E-state index in [1.807, 2.05) is 54.1 Å². The SMILES string of the molecule is CC.CNC1CCCN(c2cnccc2-c2ccc(CNC(=O)c3nc(C(C)(C)C)no3)c(C)c2)C1. The number of hydrogen-bond acceptors (Lipinski definition) is 7. The zero-order valence-electron chi connectivity index (χ0n) is 22.7. The predicted molar refractivity (Wildman–Crippen MR) is 144 cm³/mol. The van der Waals surface area contributed by atoms with Crippen molar-refractivity contribution in [2.75, 3.05) is 25.0 Å². The lowest BCUT2D eigenvalue weighted by Crippen LogP contribution is -2.44. The van der Waals surface area contributed by atoms with Crippen LogP contribution in [0.5, 0.6) is 0 Å². The number of anilines is 1. The van der Waals surface area contributed by atoms with Crippen LogP contribution in [0.1, 0.15) is 75.1 Å². The Bertz CT molecular complexity index is 1150. The first kappa shape index (κ1) is 27.3. The molecule has 0 bridgehead atoms. The zero-order valence-corrected chi connectivity index (χ0v) is 22.7. The fraction of sp³-hybridized carbons (Fsp3) is 0.500. The maximum absolute atomic E-state index is 12.5. The highest BCUT2D eigenvalue weighted by molar-refractivity contribution is 5.89. The van der Waals surface area contributed by atoms with E-state index in [1.54, 1.807) is 0 Å². The van der Waals surface area contributed by atoms with E-state index < -0.39 is 0 Å². The average molecular weight is 493 g/mol. The van der Waals surface area contributed by atoms with Crippen LogP contribution in [-0.4, -0.2) is 47.2 Å². The lowest BCUT2D eigenvalue weighted by atomic mass is 9.96. The van der Waals surface area contributed by atoms with Gasteiger partial charge in [-0.25, -0.2) is 0 Å². The highest BCUT2D eigenvalue weighted by Gasteiger charge is 2.24. The van der Waals surface area contributed by atoms with Crippen molar-refractivity contribution in [2.24, 2.45) is 0 Å². The van der Waals surface area contributed by atoms with Crippen molar-refractivity contribution in [1.82, 2.24) is 25.8 Å². The highest BCUT2D eigenvalue weighted by Crippen LogP contribution is 2.33. The smallest absolute Gasteiger partial charge is 0.315 e. The van der Waals surface area contributed by atoms with E-state index in [2.05, 4.69) is 61.8 Å². The second-order valence-electron chi connectivity index (χ2n) is 9.96. The molecule has 8 heteroatoms. The van der Waals surface area contributed by atoms with Crippen LogP contribution in [0.2, 0.25) is 0 Å². The molecule has 1 aliphatic heterocycles. The van der Waals surface area contributed by atoms with Crippen molar-refractivity contribution in [1.29, 1.82) is 0 Å². The van der Waals surface area contributed by atoms with Crippen LogP contribution in [0.15, 0.2) is 41.2 Å². The van der Waals surface area contributed by atoms with Crippen LogP contribution in [0.4, 0.5) is 5.69 Å². The molecule has 8 nitrogen and oxygen atoms in total. The molecule has 1 aliphatic rings. The molecule has 194 valence electrons. The minimum absolute atomic E-state index is 0.0120. The molecule has 1 unspecified atom stereocenters. The topological polar surface area (TPSA) is 96.2 Å². The average Bonchev–Trinajstić information content (AvgIpc) is 3.40. The largest absolute Gasteiger partial charge is 0.368 e. The van der Waals surface area contributed by atoms with Crippen LogP contribution < -0.4 is 15.5 Å². The number of carbonyl (C=O) groups excluding carboxylic acids is 1. The van der Waals surface area contributed by atoms with Crippen LogP contribution in [0.25, 0.3) is 11.1 Å². The number of likely N-dealkylation sites (N-methyl/N-ethyl adjacent to an activating group) is 1. The summed E-state index contributed by atoms with van der Waals surface area (Å²) >= 11 is 0. The van der Waals surface area contributed by atoms with E-state index in [0.717, 1.165) is 41.9 Å². The van der Waals surface area contributed by atoms with Gasteiger partial charge in [0.1, 0.15) is 0 Å². The second-order valence-corrected chi connectivity index (χ2v) is 9.96. The molecule has 0 spiro atoms. The molecule has 3 heterocycles. The molecular formula is C28H40N6O2. The first-order chi connectivity index (χ1) is 17.3. The van der Waals surface area contributed by atoms with Crippen molar-refractivity contribution in [3.8, 4) is 11.1 Å². The standard InChI is InChI=1S/C26H34N6O2.C2H6/c1-17-13-18(21-10-11-28-15-22(21)32-12-6-7-20(16-32)27-5)8-9-19(17)14-29-23(33)24-30-25(31-34-24)26(2,3)4;1-2/h8-11,13,15,20,27H,6-7,12,14,16H2,1-5H3,(H,29,33);1-2H3. The van der Waals surface area contributed by atoms with Crippen molar-refractivity contribution in [3.63, 3.8) is 0 Å². The van der Waals surface area contributed by atoms with E-state index in [-0.39, 0.29) is 17.2 Å². The number of rotatable bonds is 6. The molecule has 0 radical (unpaired) electrons. The number of piperidine rings is 1. The molecule has 1 saturated heterocycles. The fourth-order valence-electron chi connectivity index (χ4n) is 4.25. The van der Waals surface area contributed by atoms with E-state index in [9.17, 15) is 4.79 Å². The van der Waals surface area contributed by atoms with Gasteiger partial charge in [-0.3, -0.25) is 9.78 Å². The Morgan fingerprint density at radius 1 is 1.22 bits per heavy atom. The monoisotopic (exact) mass is 492 g/mol. The molecule has 3 aromatic rings. The van der Waals surface area contributed by atoms with E-state index >= 15 is 0 Å². The van der Waals surface area contributed by atoms with Crippen molar-refractivity contribution in [2.45, 2.75) is 72.4 Å². The number of aryl methyl sites for hydroxylation is 1. The minimum atomic E-state index is -0.368. The summed E-state index contributed by atoms with van der Waals surface area (Å²) in [6, 6.07) is 8.92. The number of aromatic nitrogens is 3. The number of carbonyl (C=O) groups is 1. The number of benzene rings is 1. The third-order valence-electron chi connectivity index (χ3n) is 6.35. The van der Waals surface area contributed by atoms with Gasteiger partial charge in [-0.1, -0.05) is 58.0 Å². The lowest BCUT2D eigenvalue weighted by Gasteiger charge is -2.35. The maximum Gasteiger partial charge on any atom is 0.315 e. The molecular weight excluding hydrogens is 452 g/mol. The van der Waals surface area contributed by atoms with Gasteiger partial charge in [0.25, 0.3) is 0 Å². The van der Waals surface area contributed by atoms with Gasteiger partial charge in [-0.2, -0.15) is 4.98 Å². The predicted octanol–water partition coefficient (Wildman–Crippen LogP) is 4.88. The van der Waals surface area contributed by atoms with Gasteiger partial charge >= 0.3 is 11.8 Å². The quantitative estimate of drug-likeness (QED) is 0.506. The third kappa shape index (κ3) is 6.49. The molecule has 4 rings (SSSR count). The van der Waals surface area contributed by atoms with Crippen molar-refractivity contribution >= 4 is 11.6 Å². The van der Waals surface area contributed by atoms with Gasteiger partial charge in [0.05, 0.1) is 11.9 Å². The number of hydrogen-bond donors (Lipinski definition) is 2. The number of nitrogens with zero attached hydrogens (tertiary/aromatic N) is 4. The molecule has 36 heavy (non-hydrogen) atoms. The Hall–Kier alpha value is -3.26. The Balaban J connectivity index is 0.00000176. The fourth-order valence-corrected chi connectivity index (χ4v) is 4.25. The summed E-state index contributed by atoms with van der Waals surface area (Å²) in [5, 5.41) is 10.2. The zero-order chi connectivity index (χ0) is 26.3. The van der Waals surface area contributed by atoms with Gasteiger partial charge in [-0.15, -0.1) is 0 Å². The third-order valence-corrected chi connectivity index (χ3v) is 6.35. The Morgan fingerprint density at radius 2 is 2.00 bits per heavy atom. The molecule has 1 atom stereocenters. The molecule has 2 N–H and O–H groups in total. The first-order valence-corrected chi connectivity index (χ1v) is 12.8. The maximum atomic E-state index is 12.5. The molecule has 1 fully saturated rings. The summed E-state index contributed by atoms with van der Waals surface area (Å²) in [5.74, 6) is 0.134. The Kier molecular flexibility index (Phi) is 9.20. The summed E-state index contributed by atoms with van der Waals surface area (Å²) in [6.45, 7) is 14.4. The van der Waals surface area contributed by atoms with Crippen LogP contribution in [0, 0.1) is 6.92 Å². The summed E-state index contributed by atoms with van der Waals surface area (Å²) in [6.07, 6.45) is 6.17. The minimum Gasteiger partial charge on any atom is -0.368 e. The van der Waals surface area contributed by atoms with Gasteiger partial charge in [0, 0.05) is 42.9 Å². The van der Waals surface area contributed by atoms with Crippen LogP contribution in [-0.2, 0) is 12.0 Å². The number of nitrogens with one attached hydrogen (secondary N) is 2. The highest BCUT2D eigenvalue weighted by atomic mass is 16.5. The summed E-state index contributed by atoms with van der Waals surface area (Å²) in [5.41, 5.74) is 5.34. The first-order valence-electron chi connectivity index (χ1n) is 12.8. The molecule has 0 saturated carbocycles. The molecule has 1 amide bonds. The van der Waals surface area contributed by atoms with Crippen molar-refractivity contribution in [3.05, 3.63) is 59.5 Å². The van der Waals surface area contributed by atoms with E-state index in [0.29, 0.717) is 18.4 Å². The normalized spacial score (nSPS) is 15.8. The second kappa shape index (κ2) is 12.1. The Morgan fingerprint density at radius 3 is 2.67 bits per heavy atom. The van der Waals surface area contributed by atoms with Crippen LogP contribution >= 0.6 is 0 Å². The summed E-state index contributed by atoms with van der Waals surface area (Å²) < 4.78 is 5.15. The lowest BCUT2D eigenvalue weighted by molar-refractivity contribution is 0.0907. The summed E-state index contributed by atoms with van der Waals surface area (Å²) in [7, 11) is 2.03. The Labute approximate surface area is 214 Å². The van der Waals surface area contributed by atoms with Crippen molar-refractivity contribution < 1.29 is 9.32 Å². The van der Waals surface area contributed by atoms with Gasteiger partial charge in [-0.05, 0) is 49.6 Å².